The average molecular weight is 401 g/mol. The van der Waals surface area contributed by atoms with Gasteiger partial charge in [0.2, 0.25) is 0 Å². The lowest BCUT2D eigenvalue weighted by Gasteiger charge is -2.38. The zero-order chi connectivity index (χ0) is 20.8. The number of nitrogens with zero attached hydrogens (tertiary/aromatic N) is 1. The molecular formula is C26H28N2O2. The van der Waals surface area contributed by atoms with E-state index in [1.54, 1.807) is 0 Å². The van der Waals surface area contributed by atoms with Crippen LogP contribution in [0.4, 0.5) is 5.69 Å². The summed E-state index contributed by atoms with van der Waals surface area (Å²) in [6, 6.07) is 25.8. The van der Waals surface area contributed by atoms with E-state index in [0.717, 1.165) is 41.8 Å². The van der Waals surface area contributed by atoms with E-state index in [1.807, 2.05) is 71.6 Å². The van der Waals surface area contributed by atoms with Gasteiger partial charge in [0.05, 0.1) is 12.2 Å². The molecule has 1 atom stereocenters. The number of amides is 1. The second-order valence-corrected chi connectivity index (χ2v) is 7.60. The van der Waals surface area contributed by atoms with Crippen molar-refractivity contribution in [2.45, 2.75) is 38.9 Å². The van der Waals surface area contributed by atoms with Crippen LogP contribution in [0.5, 0.6) is 5.75 Å². The second kappa shape index (κ2) is 9.49. The Hall–Kier alpha value is -3.27. The minimum Gasteiger partial charge on any atom is -0.493 e. The predicted molar refractivity (Wildman–Crippen MR) is 121 cm³/mol. The average Bonchev–Trinajstić information content (AvgIpc) is 2.79. The van der Waals surface area contributed by atoms with Gasteiger partial charge in [-0.3, -0.25) is 4.79 Å². The number of fused-ring (bicyclic) bond motifs is 1. The number of hydrogen-bond acceptors (Lipinski definition) is 3. The van der Waals surface area contributed by atoms with E-state index in [0.29, 0.717) is 18.7 Å². The summed E-state index contributed by atoms with van der Waals surface area (Å²) in [5, 5.41) is 3.58. The number of nitrogens with one attached hydrogen (secondary N) is 1. The number of unbranched alkanes of at least 4 members (excludes halogenated alkanes) is 2. The van der Waals surface area contributed by atoms with Gasteiger partial charge in [0, 0.05) is 17.8 Å². The lowest BCUT2D eigenvalue weighted by Crippen LogP contribution is -2.42. The fraction of sp³-hybridized carbons (Fsp3) is 0.269. The van der Waals surface area contributed by atoms with Gasteiger partial charge in [-0.05, 0) is 30.2 Å². The van der Waals surface area contributed by atoms with Crippen molar-refractivity contribution in [3.05, 3.63) is 95.6 Å². The Morgan fingerprint density at radius 3 is 2.47 bits per heavy atom. The molecule has 0 bridgehead atoms. The maximum atomic E-state index is 13.5. The highest BCUT2D eigenvalue weighted by Crippen LogP contribution is 2.37. The molecule has 1 amide bonds. The minimum atomic E-state index is -0.296. The summed E-state index contributed by atoms with van der Waals surface area (Å²) < 4.78 is 6.14. The zero-order valence-electron chi connectivity index (χ0n) is 17.4. The molecule has 1 aliphatic rings. The van der Waals surface area contributed by atoms with Gasteiger partial charge in [-0.15, -0.1) is 0 Å². The Morgan fingerprint density at radius 1 is 0.900 bits per heavy atom. The first-order valence-corrected chi connectivity index (χ1v) is 10.7. The van der Waals surface area contributed by atoms with Crippen molar-refractivity contribution in [2.75, 3.05) is 11.9 Å². The Bertz CT molecular complexity index is 987. The van der Waals surface area contributed by atoms with Crippen molar-refractivity contribution in [1.29, 1.82) is 0 Å². The van der Waals surface area contributed by atoms with Crippen molar-refractivity contribution >= 4 is 11.6 Å². The number of para-hydroxylation sites is 2. The van der Waals surface area contributed by atoms with E-state index in [-0.39, 0.29) is 12.1 Å². The Kier molecular flexibility index (Phi) is 6.33. The fourth-order valence-corrected chi connectivity index (χ4v) is 3.85. The SMILES string of the molecule is CCCCCOc1ccccc1C1Nc2ccccc2C(=O)N1Cc1ccccc1. The molecule has 30 heavy (non-hydrogen) atoms. The van der Waals surface area contributed by atoms with Gasteiger partial charge < -0.3 is 15.0 Å². The van der Waals surface area contributed by atoms with Gasteiger partial charge in [0.1, 0.15) is 11.9 Å². The zero-order valence-corrected chi connectivity index (χ0v) is 17.4. The van der Waals surface area contributed by atoms with Gasteiger partial charge in [-0.2, -0.15) is 0 Å². The fourth-order valence-electron chi connectivity index (χ4n) is 3.85. The predicted octanol–water partition coefficient (Wildman–Crippen LogP) is 6.02. The summed E-state index contributed by atoms with van der Waals surface area (Å²) in [7, 11) is 0. The van der Waals surface area contributed by atoms with Gasteiger partial charge in [0.25, 0.3) is 5.91 Å². The van der Waals surface area contributed by atoms with E-state index >= 15 is 0 Å². The lowest BCUT2D eigenvalue weighted by molar-refractivity contribution is 0.0664. The van der Waals surface area contributed by atoms with Crippen LogP contribution < -0.4 is 10.1 Å². The molecule has 1 heterocycles. The van der Waals surface area contributed by atoms with Gasteiger partial charge in [0.15, 0.2) is 0 Å². The van der Waals surface area contributed by atoms with Crippen molar-refractivity contribution in [1.82, 2.24) is 4.90 Å². The number of ether oxygens (including phenoxy) is 1. The Morgan fingerprint density at radius 2 is 1.63 bits per heavy atom. The maximum absolute atomic E-state index is 13.5. The van der Waals surface area contributed by atoms with Crippen LogP contribution in [0.15, 0.2) is 78.9 Å². The first-order chi connectivity index (χ1) is 14.8. The summed E-state index contributed by atoms with van der Waals surface area (Å²) in [5.41, 5.74) is 3.63. The molecule has 0 saturated heterocycles. The van der Waals surface area contributed by atoms with Crippen LogP contribution in [0.3, 0.4) is 0 Å². The summed E-state index contributed by atoms with van der Waals surface area (Å²) in [4.78, 5) is 15.4. The van der Waals surface area contributed by atoms with Crippen molar-refractivity contribution in [3.63, 3.8) is 0 Å². The number of hydrogen-bond donors (Lipinski definition) is 1. The van der Waals surface area contributed by atoms with Gasteiger partial charge >= 0.3 is 0 Å². The molecule has 0 aliphatic carbocycles. The molecule has 154 valence electrons. The van der Waals surface area contributed by atoms with Crippen molar-refractivity contribution in [3.8, 4) is 5.75 Å². The van der Waals surface area contributed by atoms with E-state index in [2.05, 4.69) is 24.4 Å². The van der Waals surface area contributed by atoms with Crippen LogP contribution in [0, 0.1) is 0 Å². The molecule has 1 aliphatic heterocycles. The summed E-state index contributed by atoms with van der Waals surface area (Å²) in [5.74, 6) is 0.857. The molecule has 4 rings (SSSR count). The third-order valence-electron chi connectivity index (χ3n) is 5.44. The highest BCUT2D eigenvalue weighted by Gasteiger charge is 2.34. The topological polar surface area (TPSA) is 41.6 Å². The molecule has 0 aromatic heterocycles. The molecule has 3 aromatic carbocycles. The quantitative estimate of drug-likeness (QED) is 0.470. The third-order valence-corrected chi connectivity index (χ3v) is 5.44. The molecule has 1 N–H and O–H groups in total. The van der Waals surface area contributed by atoms with E-state index in [4.69, 9.17) is 4.74 Å². The molecule has 3 aromatic rings. The van der Waals surface area contributed by atoms with E-state index in [1.165, 1.54) is 0 Å². The standard InChI is InChI=1S/C26H28N2O2/c1-2-3-11-18-30-24-17-10-8-15-22(24)25-27-23-16-9-7-14-21(23)26(29)28(25)19-20-12-5-4-6-13-20/h4-10,12-17,25,27H,2-3,11,18-19H2,1H3. The molecule has 4 heteroatoms. The van der Waals surface area contributed by atoms with Crippen molar-refractivity contribution < 1.29 is 9.53 Å². The number of rotatable bonds is 8. The number of anilines is 1. The Labute approximate surface area is 178 Å². The molecule has 0 saturated carbocycles. The first-order valence-electron chi connectivity index (χ1n) is 10.7. The second-order valence-electron chi connectivity index (χ2n) is 7.60. The summed E-state index contributed by atoms with van der Waals surface area (Å²) in [6.07, 6.45) is 3.04. The first kappa shape index (κ1) is 20.0. The molecule has 1 unspecified atom stereocenters. The highest BCUT2D eigenvalue weighted by molar-refractivity contribution is 6.01. The van der Waals surface area contributed by atoms with Crippen LogP contribution in [-0.2, 0) is 6.54 Å². The van der Waals surface area contributed by atoms with E-state index < -0.39 is 0 Å². The largest absolute Gasteiger partial charge is 0.493 e. The smallest absolute Gasteiger partial charge is 0.258 e. The summed E-state index contributed by atoms with van der Waals surface area (Å²) >= 11 is 0. The number of carbonyl (C=O) groups is 1. The molecular weight excluding hydrogens is 372 g/mol. The number of benzene rings is 3. The van der Waals surface area contributed by atoms with Gasteiger partial charge in [-0.1, -0.05) is 80.4 Å². The van der Waals surface area contributed by atoms with Crippen molar-refractivity contribution in [2.24, 2.45) is 0 Å². The minimum absolute atomic E-state index is 0.0268. The molecule has 0 radical (unpaired) electrons. The molecule has 0 fully saturated rings. The normalized spacial score (nSPS) is 15.4. The molecule has 0 spiro atoms. The van der Waals surface area contributed by atoms with E-state index in [9.17, 15) is 4.79 Å². The third kappa shape index (κ3) is 4.33. The van der Waals surface area contributed by atoms with Crippen LogP contribution in [0.1, 0.15) is 53.8 Å². The maximum Gasteiger partial charge on any atom is 0.258 e. The van der Waals surface area contributed by atoms with Crippen LogP contribution in [0.2, 0.25) is 0 Å². The highest BCUT2D eigenvalue weighted by atomic mass is 16.5. The van der Waals surface area contributed by atoms with Gasteiger partial charge in [-0.25, -0.2) is 0 Å². The van der Waals surface area contributed by atoms with Crippen LogP contribution in [0.25, 0.3) is 0 Å². The lowest BCUT2D eigenvalue weighted by atomic mass is 10.0. The van der Waals surface area contributed by atoms with Crippen LogP contribution >= 0.6 is 0 Å². The van der Waals surface area contributed by atoms with Crippen LogP contribution in [-0.4, -0.2) is 17.4 Å². The number of carbonyl (C=O) groups excluding carboxylic acids is 1. The summed E-state index contributed by atoms with van der Waals surface area (Å²) in [6.45, 7) is 3.39. The monoisotopic (exact) mass is 400 g/mol. The molecule has 4 nitrogen and oxygen atoms in total. The Balaban J connectivity index is 1.68.